The van der Waals surface area contributed by atoms with Gasteiger partial charge in [0, 0.05) is 32.5 Å². The molecule has 2 aliphatic rings. The van der Waals surface area contributed by atoms with E-state index in [1.54, 1.807) is 51.0 Å². The zero-order valence-electron chi connectivity index (χ0n) is 19.0. The zero-order chi connectivity index (χ0) is 23.3. The van der Waals surface area contributed by atoms with Crippen molar-refractivity contribution in [2.24, 2.45) is 0 Å². The van der Waals surface area contributed by atoms with Crippen molar-refractivity contribution in [2.75, 3.05) is 56.8 Å². The normalized spacial score (nSPS) is 18.6. The summed E-state index contributed by atoms with van der Waals surface area (Å²) in [6.07, 6.45) is -0.632. The van der Waals surface area contributed by atoms with Crippen LogP contribution in [0.5, 0.6) is 5.75 Å². The molecule has 0 aromatic heterocycles. The Morgan fingerprint density at radius 3 is 2.78 bits per heavy atom. The fourth-order valence-corrected chi connectivity index (χ4v) is 3.41. The van der Waals surface area contributed by atoms with Crippen LogP contribution in [-0.2, 0) is 23.8 Å². The number of carbonyl (C=O) groups excluding carboxylic acids is 3. The van der Waals surface area contributed by atoms with Crippen molar-refractivity contribution in [2.45, 2.75) is 38.9 Å². The Morgan fingerprint density at radius 1 is 1.28 bits per heavy atom. The van der Waals surface area contributed by atoms with Crippen molar-refractivity contribution >= 4 is 29.3 Å². The molecule has 1 saturated heterocycles. The maximum atomic E-state index is 12.8. The average molecular weight is 450 g/mol. The van der Waals surface area contributed by atoms with Crippen LogP contribution in [0, 0.1) is 0 Å². The van der Waals surface area contributed by atoms with E-state index >= 15 is 0 Å². The largest absolute Gasteiger partial charge is 0.482 e. The van der Waals surface area contributed by atoms with Gasteiger partial charge in [-0.05, 0) is 45.4 Å². The van der Waals surface area contributed by atoms with Gasteiger partial charge in [-0.25, -0.2) is 4.79 Å². The van der Waals surface area contributed by atoms with E-state index in [-0.39, 0.29) is 31.6 Å². The highest BCUT2D eigenvalue weighted by atomic mass is 16.6. The Kier molecular flexibility index (Phi) is 7.57. The minimum absolute atomic E-state index is 0.0257. The van der Waals surface area contributed by atoms with E-state index in [0.717, 1.165) is 0 Å². The van der Waals surface area contributed by atoms with Crippen LogP contribution in [0.3, 0.4) is 0 Å². The monoisotopic (exact) mass is 449 g/mol. The first kappa shape index (κ1) is 23.8. The number of nitrogens with zero attached hydrogens (tertiary/aromatic N) is 2. The first-order valence-electron chi connectivity index (χ1n) is 10.6. The van der Waals surface area contributed by atoms with E-state index in [1.165, 1.54) is 4.90 Å². The summed E-state index contributed by atoms with van der Waals surface area (Å²) >= 11 is 0. The summed E-state index contributed by atoms with van der Waals surface area (Å²) < 4.78 is 21.5. The first-order chi connectivity index (χ1) is 15.2. The van der Waals surface area contributed by atoms with Gasteiger partial charge in [0.1, 0.15) is 11.4 Å². The maximum absolute atomic E-state index is 12.8. The Labute approximate surface area is 187 Å². The van der Waals surface area contributed by atoms with Crippen molar-refractivity contribution < 1.29 is 33.3 Å². The molecule has 0 aliphatic carbocycles. The van der Waals surface area contributed by atoms with E-state index in [0.29, 0.717) is 43.2 Å². The summed E-state index contributed by atoms with van der Waals surface area (Å²) in [6, 6.07) is 5.12. The molecule has 10 nitrogen and oxygen atoms in total. The molecule has 0 radical (unpaired) electrons. The number of fused-ring (bicyclic) bond motifs is 1. The SMILES string of the molecule is COCCCN1C(=O)COc2ccc(NC(=O)C3CN(C(=O)OC(C)(C)C)CCO3)cc21. The van der Waals surface area contributed by atoms with Gasteiger partial charge >= 0.3 is 6.09 Å². The quantitative estimate of drug-likeness (QED) is 0.662. The summed E-state index contributed by atoms with van der Waals surface area (Å²) in [6.45, 7) is 7.04. The highest BCUT2D eigenvalue weighted by Crippen LogP contribution is 2.34. The van der Waals surface area contributed by atoms with E-state index in [9.17, 15) is 14.4 Å². The number of morpholine rings is 1. The van der Waals surface area contributed by atoms with Gasteiger partial charge in [0.25, 0.3) is 11.8 Å². The van der Waals surface area contributed by atoms with Crippen LogP contribution in [0.1, 0.15) is 27.2 Å². The molecule has 176 valence electrons. The number of anilines is 2. The van der Waals surface area contributed by atoms with Gasteiger partial charge < -0.3 is 34.1 Å². The first-order valence-corrected chi connectivity index (χ1v) is 10.6. The van der Waals surface area contributed by atoms with E-state index < -0.39 is 17.8 Å². The standard InChI is InChI=1S/C22H31N3O7/c1-22(2,3)32-21(28)24-9-11-30-18(13-24)20(27)23-15-6-7-17-16(12-15)25(8-5-10-29-4)19(26)14-31-17/h6-7,12,18H,5,8-11,13-14H2,1-4H3,(H,23,27). The van der Waals surface area contributed by atoms with Gasteiger partial charge in [0.2, 0.25) is 0 Å². The van der Waals surface area contributed by atoms with Gasteiger partial charge in [-0.15, -0.1) is 0 Å². The van der Waals surface area contributed by atoms with Gasteiger partial charge in [0.15, 0.2) is 12.7 Å². The van der Waals surface area contributed by atoms with Crippen LogP contribution >= 0.6 is 0 Å². The second-order valence-electron chi connectivity index (χ2n) is 8.64. The smallest absolute Gasteiger partial charge is 0.410 e. The molecule has 0 saturated carbocycles. The van der Waals surface area contributed by atoms with E-state index in [1.807, 2.05) is 0 Å². The highest BCUT2D eigenvalue weighted by Gasteiger charge is 2.32. The minimum atomic E-state index is -0.831. The molecule has 2 aliphatic heterocycles. The van der Waals surface area contributed by atoms with Crippen LogP contribution in [0.4, 0.5) is 16.2 Å². The summed E-state index contributed by atoms with van der Waals surface area (Å²) in [7, 11) is 1.61. The molecule has 0 spiro atoms. The van der Waals surface area contributed by atoms with Crippen LogP contribution in [0.2, 0.25) is 0 Å². The fourth-order valence-electron chi connectivity index (χ4n) is 3.41. The van der Waals surface area contributed by atoms with Crippen LogP contribution in [0.15, 0.2) is 18.2 Å². The van der Waals surface area contributed by atoms with E-state index in [2.05, 4.69) is 5.32 Å². The Balaban J connectivity index is 1.66. The Bertz CT molecular complexity index is 852. The van der Waals surface area contributed by atoms with Gasteiger partial charge in [0.05, 0.1) is 18.8 Å². The number of amides is 3. The van der Waals surface area contributed by atoms with Crippen LogP contribution < -0.4 is 15.0 Å². The van der Waals surface area contributed by atoms with Gasteiger partial charge in [-0.3, -0.25) is 9.59 Å². The lowest BCUT2D eigenvalue weighted by Crippen LogP contribution is -2.51. The van der Waals surface area contributed by atoms with Crippen molar-refractivity contribution in [3.8, 4) is 5.75 Å². The minimum Gasteiger partial charge on any atom is -0.482 e. The number of carbonyl (C=O) groups is 3. The van der Waals surface area contributed by atoms with Gasteiger partial charge in [-0.1, -0.05) is 0 Å². The molecule has 1 unspecified atom stereocenters. The number of rotatable bonds is 6. The number of nitrogens with one attached hydrogen (secondary N) is 1. The Morgan fingerprint density at radius 2 is 2.06 bits per heavy atom. The van der Waals surface area contributed by atoms with Crippen molar-refractivity contribution in [1.29, 1.82) is 0 Å². The van der Waals surface area contributed by atoms with Crippen LogP contribution in [-0.4, -0.2) is 81.1 Å². The molecule has 32 heavy (non-hydrogen) atoms. The lowest BCUT2D eigenvalue weighted by molar-refractivity contribution is -0.132. The second-order valence-corrected chi connectivity index (χ2v) is 8.64. The zero-order valence-corrected chi connectivity index (χ0v) is 19.0. The molecular formula is C22H31N3O7. The summed E-state index contributed by atoms with van der Waals surface area (Å²) in [5, 5.41) is 2.81. The molecule has 0 bridgehead atoms. The molecule has 3 amide bonds. The molecule has 3 rings (SSSR count). The third kappa shape index (κ3) is 6.10. The molecule has 10 heteroatoms. The van der Waals surface area contributed by atoms with Crippen molar-refractivity contribution in [1.82, 2.24) is 4.90 Å². The summed E-state index contributed by atoms with van der Waals surface area (Å²) in [5.74, 6) is 0.0397. The number of hydrogen-bond acceptors (Lipinski definition) is 7. The molecular weight excluding hydrogens is 418 g/mol. The predicted octanol–water partition coefficient (Wildman–Crippen LogP) is 2.02. The number of ether oxygens (including phenoxy) is 4. The molecule has 1 aromatic carbocycles. The van der Waals surface area contributed by atoms with Crippen LogP contribution in [0.25, 0.3) is 0 Å². The topological polar surface area (TPSA) is 107 Å². The molecule has 1 fully saturated rings. The molecule has 1 N–H and O–H groups in total. The van der Waals surface area contributed by atoms with Crippen molar-refractivity contribution in [3.05, 3.63) is 18.2 Å². The summed E-state index contributed by atoms with van der Waals surface area (Å²) in [4.78, 5) is 40.6. The predicted molar refractivity (Wildman–Crippen MR) is 117 cm³/mol. The van der Waals surface area contributed by atoms with E-state index in [4.69, 9.17) is 18.9 Å². The number of benzene rings is 1. The molecule has 1 atom stereocenters. The fraction of sp³-hybridized carbons (Fsp3) is 0.591. The third-order valence-electron chi connectivity index (χ3n) is 4.91. The van der Waals surface area contributed by atoms with Crippen molar-refractivity contribution in [3.63, 3.8) is 0 Å². The second kappa shape index (κ2) is 10.2. The Hall–Kier alpha value is -2.85. The molecule has 2 heterocycles. The maximum Gasteiger partial charge on any atom is 0.410 e. The van der Waals surface area contributed by atoms with Gasteiger partial charge in [-0.2, -0.15) is 0 Å². The average Bonchev–Trinajstić information content (AvgIpc) is 2.74. The lowest BCUT2D eigenvalue weighted by atomic mass is 10.2. The molecule has 1 aromatic rings. The summed E-state index contributed by atoms with van der Waals surface area (Å²) in [5.41, 5.74) is 0.474. The highest BCUT2D eigenvalue weighted by molar-refractivity contribution is 6.00. The third-order valence-corrected chi connectivity index (χ3v) is 4.91. The number of methoxy groups -OCH3 is 1. The lowest BCUT2D eigenvalue weighted by Gasteiger charge is -2.33. The number of hydrogen-bond donors (Lipinski definition) is 1.